The van der Waals surface area contributed by atoms with Gasteiger partial charge in [0.1, 0.15) is 91.6 Å². The van der Waals surface area contributed by atoms with Crippen molar-refractivity contribution in [3.05, 3.63) is 0 Å². The molecule has 32 atom stereocenters. The molecule has 1 spiro atoms. The average Bonchev–Trinajstić information content (AvgIpc) is 3.82. The second kappa shape index (κ2) is 23.1. The first-order valence-corrected chi connectivity index (χ1v) is 26.8. The number of hydrogen-bond donors (Lipinski definition) is 13. The molecule has 6 aliphatic heterocycles. The van der Waals surface area contributed by atoms with Gasteiger partial charge in [-0.05, 0) is 97.7 Å². The maximum absolute atomic E-state index is 12.0. The van der Waals surface area contributed by atoms with Crippen molar-refractivity contribution >= 4 is 0 Å². The molecule has 0 radical (unpaired) electrons. The summed E-state index contributed by atoms with van der Waals surface area (Å²) in [5, 5.41) is 141. The van der Waals surface area contributed by atoms with Gasteiger partial charge in [-0.15, -0.1) is 0 Å². The second-order valence-electron chi connectivity index (χ2n) is 24.0. The highest BCUT2D eigenvalue weighted by atomic mass is 16.8. The molecular weight excluding hydrogens is 1000 g/mol. The van der Waals surface area contributed by atoms with Gasteiger partial charge in [0.15, 0.2) is 30.9 Å². The largest absolute Gasteiger partial charge is 0.412 e. The fourth-order valence-corrected chi connectivity index (χ4v) is 15.9. The highest BCUT2D eigenvalue weighted by molar-refractivity contribution is 5.16. The monoisotopic (exact) mass is 1090 g/mol. The molecule has 0 aromatic heterocycles. The molecule has 4 saturated carbocycles. The zero-order valence-corrected chi connectivity index (χ0v) is 43.0. The topological polar surface area (TPSA) is 418 Å². The van der Waals surface area contributed by atoms with E-state index in [1.54, 1.807) is 0 Å². The molecule has 10 rings (SSSR count). The molecule has 10 aliphatic rings. The molecule has 0 aromatic carbocycles. The van der Waals surface area contributed by atoms with Gasteiger partial charge in [-0.3, -0.25) is 0 Å². The summed E-state index contributed by atoms with van der Waals surface area (Å²) in [5.41, 5.74) is -0.0565. The summed E-state index contributed by atoms with van der Waals surface area (Å²) in [5.74, 6) is 2.34. The Kier molecular flexibility index (Phi) is 18.5. The lowest BCUT2D eigenvalue weighted by molar-refractivity contribution is -0.404. The average molecular weight is 1090 g/mol. The van der Waals surface area contributed by atoms with Crippen LogP contribution in [-0.4, -0.2) is 251 Å². The van der Waals surface area contributed by atoms with E-state index in [1.807, 2.05) is 0 Å². The summed E-state index contributed by atoms with van der Waals surface area (Å²) in [6.07, 6.45) is -27.2. The molecular formula is C50H86O25. The zero-order valence-electron chi connectivity index (χ0n) is 43.0. The van der Waals surface area contributed by atoms with E-state index < -0.39 is 161 Å². The third-order valence-electron chi connectivity index (χ3n) is 20.0. The number of ether oxygens (including phenoxy) is 10. The van der Waals surface area contributed by atoms with Crippen molar-refractivity contribution in [1.29, 1.82) is 0 Å². The summed E-state index contributed by atoms with van der Waals surface area (Å²) in [6.45, 7) is 7.02. The molecule has 0 unspecified atom stereocenters. The molecule has 0 amide bonds. The molecule has 25 heteroatoms. The minimum Gasteiger partial charge on any atom is -0.412 e. The predicted molar refractivity (Wildman–Crippen MR) is 251 cm³/mol. The Morgan fingerprint density at radius 1 is 0.520 bits per heavy atom. The van der Waals surface area contributed by atoms with Crippen LogP contribution in [0.1, 0.15) is 85.5 Å². The Balaban J connectivity index is 0.00000374. The van der Waals surface area contributed by atoms with Gasteiger partial charge >= 0.3 is 0 Å². The normalized spacial score (nSPS) is 56.7. The number of hydrogen-bond acceptors (Lipinski definition) is 23. The van der Waals surface area contributed by atoms with E-state index in [1.165, 1.54) is 0 Å². The third-order valence-corrected chi connectivity index (χ3v) is 20.0. The summed E-state index contributed by atoms with van der Waals surface area (Å²) in [4.78, 5) is 0. The quantitative estimate of drug-likeness (QED) is 0.0862. The predicted octanol–water partition coefficient (Wildman–Crippen LogP) is -4.95. The first-order valence-electron chi connectivity index (χ1n) is 26.8. The Bertz CT molecular complexity index is 1860. The van der Waals surface area contributed by atoms with Crippen molar-refractivity contribution in [2.45, 2.75) is 226 Å². The van der Waals surface area contributed by atoms with Gasteiger partial charge in [0, 0.05) is 12.3 Å². The van der Waals surface area contributed by atoms with Gasteiger partial charge in [0.05, 0.1) is 51.3 Å². The fraction of sp³-hybridized carbons (Fsp3) is 1.00. The van der Waals surface area contributed by atoms with Crippen LogP contribution in [0.25, 0.3) is 0 Å². The van der Waals surface area contributed by atoms with Crippen LogP contribution in [0, 0.1) is 52.3 Å². The summed E-state index contributed by atoms with van der Waals surface area (Å²) >= 11 is 0. The minimum atomic E-state index is -2.02. The molecule has 17 N–H and O–H groups in total. The van der Waals surface area contributed by atoms with Gasteiger partial charge in [-0.2, -0.15) is 0 Å². The molecule has 436 valence electrons. The molecule has 0 aromatic rings. The van der Waals surface area contributed by atoms with Gasteiger partial charge in [0.2, 0.25) is 0 Å². The van der Waals surface area contributed by atoms with Crippen molar-refractivity contribution in [3.63, 3.8) is 0 Å². The van der Waals surface area contributed by atoms with Crippen molar-refractivity contribution < 1.29 is 125 Å². The SMILES string of the molecule is C[C@@H]1CC[C@@]2(OC1)O[C@H]1C[C@H]3[C@@H]4CC[C@H]5C[C@@H](O[C@@H]6O[C@H](CO)[C@H](O[C@@H]7O[C@H](CO)[C@@H](O)[C@H](O[C@@H]8OC[C@@H](O)[C@H](O)[C@H]8O)[C@H]7O[C@@H]7O[C@H](CO)[C@@H](O)[C@H](O)[C@H]7O)[C@H](O)[C@H]6O)[C@H](O)C[C@]5(C)[C@H]4CC[C@]3(C)[C@H]1[C@@H]2C.O.O. The van der Waals surface area contributed by atoms with Crippen LogP contribution in [0.5, 0.6) is 0 Å². The maximum Gasteiger partial charge on any atom is 0.187 e. The second-order valence-corrected chi connectivity index (χ2v) is 24.0. The van der Waals surface area contributed by atoms with Gasteiger partial charge in [-0.25, -0.2) is 0 Å². The summed E-state index contributed by atoms with van der Waals surface area (Å²) in [7, 11) is 0. The van der Waals surface area contributed by atoms with Crippen LogP contribution in [-0.2, 0) is 47.4 Å². The van der Waals surface area contributed by atoms with Gasteiger partial charge < -0.3 is 125 Å². The van der Waals surface area contributed by atoms with Crippen molar-refractivity contribution in [1.82, 2.24) is 0 Å². The van der Waals surface area contributed by atoms with Crippen LogP contribution in [0.3, 0.4) is 0 Å². The highest BCUT2D eigenvalue weighted by Crippen LogP contribution is 2.71. The number of rotatable bonds is 11. The highest BCUT2D eigenvalue weighted by Gasteiger charge is 2.70. The van der Waals surface area contributed by atoms with E-state index in [4.69, 9.17) is 47.4 Å². The Morgan fingerprint density at radius 2 is 1.13 bits per heavy atom. The Hall–Kier alpha value is -1.00. The van der Waals surface area contributed by atoms with Gasteiger partial charge in [0.25, 0.3) is 0 Å². The maximum atomic E-state index is 12.0. The van der Waals surface area contributed by atoms with Crippen LogP contribution in [0.2, 0.25) is 0 Å². The fourth-order valence-electron chi connectivity index (χ4n) is 15.9. The van der Waals surface area contributed by atoms with E-state index in [0.717, 1.165) is 51.6 Å². The molecule has 0 bridgehead atoms. The lowest BCUT2D eigenvalue weighted by Crippen LogP contribution is -2.68. The first-order chi connectivity index (χ1) is 34.7. The first kappa shape index (κ1) is 60.1. The van der Waals surface area contributed by atoms with Crippen LogP contribution in [0.4, 0.5) is 0 Å². The van der Waals surface area contributed by atoms with E-state index >= 15 is 0 Å². The number of aliphatic hydroxyl groups excluding tert-OH is 13. The summed E-state index contributed by atoms with van der Waals surface area (Å²) < 4.78 is 61.1. The van der Waals surface area contributed by atoms with E-state index in [9.17, 15) is 66.4 Å². The molecule has 6 saturated heterocycles. The molecule has 25 nitrogen and oxygen atoms in total. The lowest BCUT2D eigenvalue weighted by Gasteiger charge is -2.62. The van der Waals surface area contributed by atoms with Crippen LogP contribution >= 0.6 is 0 Å². The smallest absolute Gasteiger partial charge is 0.187 e. The van der Waals surface area contributed by atoms with Gasteiger partial charge in [-0.1, -0.05) is 27.7 Å². The summed E-state index contributed by atoms with van der Waals surface area (Å²) in [6, 6.07) is 0. The number of aliphatic hydroxyl groups is 13. The molecule has 75 heavy (non-hydrogen) atoms. The van der Waals surface area contributed by atoms with Crippen LogP contribution in [0.15, 0.2) is 0 Å². The zero-order chi connectivity index (χ0) is 52.2. The minimum absolute atomic E-state index is 0. The van der Waals surface area contributed by atoms with E-state index in [0.29, 0.717) is 48.3 Å². The van der Waals surface area contributed by atoms with Crippen molar-refractivity contribution in [3.8, 4) is 0 Å². The van der Waals surface area contributed by atoms with Crippen LogP contribution < -0.4 is 0 Å². The Labute approximate surface area is 435 Å². The standard InChI is InChI=1S/C50H82O23.2H2O/c1-19-7-10-50(65-17-19)20(2)32-28(73-50)12-24-22-6-5-21-11-27(25(54)13-49(21,4)23(22)8-9-48(24,32)3)66-45-40(63)37(60)41(31(16-53)69-45)70-47-43(72-46-39(62)36(59)34(57)29(14-51)67-46)42(35(58)30(15-52)68-47)71-44-38(61)33(56)26(55)18-64-44;;/h19-47,51-63H,5-18H2,1-4H3;2*1H2/t19-,20+,21+,22-,23+,24+,25-,26-,27-,28+,29-,30-,31-,32+,33+,34-,35-,36+,37-,38-,39-,40-,41+,42+,43-,44+,45-,46+,47+,48+,49+,50-;;/m1../s1. The lowest BCUT2D eigenvalue weighted by atomic mass is 9.44. The van der Waals surface area contributed by atoms with E-state index in [2.05, 4.69) is 27.7 Å². The number of fused-ring (bicyclic) bond motifs is 7. The van der Waals surface area contributed by atoms with E-state index in [-0.39, 0.29) is 33.8 Å². The van der Waals surface area contributed by atoms with Crippen molar-refractivity contribution in [2.24, 2.45) is 52.3 Å². The molecule has 4 aliphatic carbocycles. The molecule has 6 heterocycles. The van der Waals surface area contributed by atoms with Crippen molar-refractivity contribution in [2.75, 3.05) is 33.0 Å². The Morgan fingerprint density at radius 3 is 1.81 bits per heavy atom. The molecule has 10 fully saturated rings. The third kappa shape index (κ3) is 10.3.